The van der Waals surface area contributed by atoms with Gasteiger partial charge in [0.1, 0.15) is 0 Å². The number of benzene rings is 1. The first-order valence-electron chi connectivity index (χ1n) is 7.33. The molecule has 1 aromatic rings. The van der Waals surface area contributed by atoms with Gasteiger partial charge in [-0.25, -0.2) is 8.42 Å². The first-order valence-corrected chi connectivity index (χ1v) is 9.04. The second-order valence-corrected chi connectivity index (χ2v) is 8.55. The van der Waals surface area contributed by atoms with Gasteiger partial charge in [-0.3, -0.25) is 0 Å². The normalized spacial score (nSPS) is 13.9. The van der Waals surface area contributed by atoms with E-state index in [9.17, 15) is 8.42 Å². The zero-order chi connectivity index (χ0) is 15.2. The fraction of sp³-hybridized carbons (Fsp3) is 0.625. The summed E-state index contributed by atoms with van der Waals surface area (Å²) >= 11 is 0. The standard InChI is InChI=1S/C16H27NO2S/c1-13(2)17-12-16(15-8-6-5-7-9-15)10-11-20(18,19)14(3)4/h5-9,13-14,16-17H,10-12H2,1-4H3. The largest absolute Gasteiger partial charge is 0.314 e. The van der Waals surface area contributed by atoms with E-state index in [2.05, 4.69) is 31.3 Å². The van der Waals surface area contributed by atoms with E-state index in [1.54, 1.807) is 13.8 Å². The third-order valence-corrected chi connectivity index (χ3v) is 5.75. The molecule has 1 atom stereocenters. The Morgan fingerprint density at radius 3 is 2.15 bits per heavy atom. The predicted octanol–water partition coefficient (Wildman–Crippen LogP) is 2.98. The summed E-state index contributed by atoms with van der Waals surface area (Å²) in [6, 6.07) is 10.6. The molecule has 1 rings (SSSR count). The lowest BCUT2D eigenvalue weighted by Gasteiger charge is -2.20. The lowest BCUT2D eigenvalue weighted by Crippen LogP contribution is -2.29. The van der Waals surface area contributed by atoms with Gasteiger partial charge in [0.15, 0.2) is 9.84 Å². The maximum atomic E-state index is 12.0. The maximum Gasteiger partial charge on any atom is 0.152 e. The van der Waals surface area contributed by atoms with Crippen LogP contribution >= 0.6 is 0 Å². The Bertz CT molecular complexity index is 480. The molecule has 1 aromatic carbocycles. The monoisotopic (exact) mass is 297 g/mol. The van der Waals surface area contributed by atoms with Crippen LogP contribution in [-0.4, -0.2) is 32.0 Å². The van der Waals surface area contributed by atoms with Gasteiger partial charge in [-0.15, -0.1) is 0 Å². The van der Waals surface area contributed by atoms with E-state index >= 15 is 0 Å². The fourth-order valence-corrected chi connectivity index (χ4v) is 3.12. The zero-order valence-corrected chi connectivity index (χ0v) is 13.8. The molecule has 1 N–H and O–H groups in total. The molecule has 0 aromatic heterocycles. The van der Waals surface area contributed by atoms with Gasteiger partial charge in [0, 0.05) is 12.6 Å². The lowest BCUT2D eigenvalue weighted by molar-refractivity contribution is 0.516. The first kappa shape index (κ1) is 17.2. The number of nitrogens with one attached hydrogen (secondary N) is 1. The van der Waals surface area contributed by atoms with E-state index in [0.717, 1.165) is 6.54 Å². The minimum absolute atomic E-state index is 0.243. The van der Waals surface area contributed by atoms with Crippen LogP contribution in [0, 0.1) is 0 Å². The minimum atomic E-state index is -2.97. The Balaban J connectivity index is 2.74. The molecular formula is C16H27NO2S. The number of sulfone groups is 1. The molecule has 20 heavy (non-hydrogen) atoms. The van der Waals surface area contributed by atoms with E-state index < -0.39 is 9.84 Å². The summed E-state index contributed by atoms with van der Waals surface area (Å²) in [6.07, 6.45) is 0.671. The Labute approximate surface area is 123 Å². The highest BCUT2D eigenvalue weighted by molar-refractivity contribution is 7.91. The molecule has 0 radical (unpaired) electrons. The van der Waals surface area contributed by atoms with E-state index in [4.69, 9.17) is 0 Å². The summed E-state index contributed by atoms with van der Waals surface area (Å²) in [5.41, 5.74) is 1.21. The average molecular weight is 297 g/mol. The van der Waals surface area contributed by atoms with E-state index in [-0.39, 0.29) is 16.9 Å². The van der Waals surface area contributed by atoms with Crippen molar-refractivity contribution in [2.45, 2.75) is 51.3 Å². The third kappa shape index (κ3) is 5.63. The molecule has 0 saturated carbocycles. The van der Waals surface area contributed by atoms with Crippen molar-refractivity contribution >= 4 is 9.84 Å². The molecule has 0 bridgehead atoms. The number of hydrogen-bond donors (Lipinski definition) is 1. The van der Waals surface area contributed by atoms with Crippen molar-refractivity contribution in [3.05, 3.63) is 35.9 Å². The Kier molecular flexibility index (Phi) is 6.69. The Morgan fingerprint density at radius 1 is 1.05 bits per heavy atom. The summed E-state index contributed by atoms with van der Waals surface area (Å²) in [5, 5.41) is 3.12. The number of rotatable bonds is 8. The Hall–Kier alpha value is -0.870. The van der Waals surface area contributed by atoms with Crippen LogP contribution in [0.15, 0.2) is 30.3 Å². The van der Waals surface area contributed by atoms with Gasteiger partial charge in [0.2, 0.25) is 0 Å². The van der Waals surface area contributed by atoms with Crippen molar-refractivity contribution < 1.29 is 8.42 Å². The van der Waals surface area contributed by atoms with Crippen molar-refractivity contribution in [3.63, 3.8) is 0 Å². The zero-order valence-electron chi connectivity index (χ0n) is 13.0. The van der Waals surface area contributed by atoms with Gasteiger partial charge in [-0.05, 0) is 31.7 Å². The van der Waals surface area contributed by atoms with Gasteiger partial charge in [0.25, 0.3) is 0 Å². The lowest BCUT2D eigenvalue weighted by atomic mass is 9.96. The molecule has 0 aliphatic carbocycles. The summed E-state index contributed by atoms with van der Waals surface area (Å²) in [4.78, 5) is 0. The molecule has 0 saturated heterocycles. The summed E-state index contributed by atoms with van der Waals surface area (Å²) in [6.45, 7) is 8.52. The van der Waals surface area contributed by atoms with E-state index in [0.29, 0.717) is 12.5 Å². The topological polar surface area (TPSA) is 46.2 Å². The molecule has 4 heteroatoms. The fourth-order valence-electron chi connectivity index (χ4n) is 2.03. The van der Waals surface area contributed by atoms with Crippen molar-refractivity contribution in [3.8, 4) is 0 Å². The second-order valence-electron chi connectivity index (χ2n) is 5.87. The van der Waals surface area contributed by atoms with Gasteiger partial charge in [0.05, 0.1) is 11.0 Å². The molecule has 0 aliphatic heterocycles. The van der Waals surface area contributed by atoms with Crippen LogP contribution < -0.4 is 5.32 Å². The third-order valence-electron chi connectivity index (χ3n) is 3.51. The van der Waals surface area contributed by atoms with Gasteiger partial charge < -0.3 is 5.32 Å². The van der Waals surface area contributed by atoms with Crippen molar-refractivity contribution in [2.75, 3.05) is 12.3 Å². The highest BCUT2D eigenvalue weighted by atomic mass is 32.2. The predicted molar refractivity (Wildman–Crippen MR) is 85.9 cm³/mol. The van der Waals surface area contributed by atoms with Crippen LogP contribution in [0.1, 0.15) is 45.6 Å². The molecule has 0 aliphatic rings. The minimum Gasteiger partial charge on any atom is -0.314 e. The SMILES string of the molecule is CC(C)NCC(CCS(=O)(=O)C(C)C)c1ccccc1. The average Bonchev–Trinajstić information content (AvgIpc) is 2.39. The molecule has 0 spiro atoms. The molecule has 3 nitrogen and oxygen atoms in total. The highest BCUT2D eigenvalue weighted by Gasteiger charge is 2.20. The molecule has 114 valence electrons. The van der Waals surface area contributed by atoms with Crippen molar-refractivity contribution in [1.29, 1.82) is 0 Å². The molecular weight excluding hydrogens is 270 g/mol. The van der Waals surface area contributed by atoms with Gasteiger partial charge >= 0.3 is 0 Å². The van der Waals surface area contributed by atoms with Crippen LogP contribution in [0.25, 0.3) is 0 Å². The quantitative estimate of drug-likeness (QED) is 0.802. The first-order chi connectivity index (χ1) is 9.33. The van der Waals surface area contributed by atoms with E-state index in [1.807, 2.05) is 18.2 Å². The van der Waals surface area contributed by atoms with Crippen LogP contribution in [0.3, 0.4) is 0 Å². The highest BCUT2D eigenvalue weighted by Crippen LogP contribution is 2.20. The van der Waals surface area contributed by atoms with Gasteiger partial charge in [-0.2, -0.15) is 0 Å². The number of hydrogen-bond acceptors (Lipinski definition) is 3. The summed E-state index contributed by atoms with van der Waals surface area (Å²) in [5.74, 6) is 0.497. The van der Waals surface area contributed by atoms with Crippen LogP contribution in [0.4, 0.5) is 0 Å². The van der Waals surface area contributed by atoms with Crippen LogP contribution in [0.2, 0.25) is 0 Å². The van der Waals surface area contributed by atoms with Crippen molar-refractivity contribution in [1.82, 2.24) is 5.32 Å². The Morgan fingerprint density at radius 2 is 1.65 bits per heavy atom. The van der Waals surface area contributed by atoms with Gasteiger partial charge in [-0.1, -0.05) is 44.2 Å². The maximum absolute atomic E-state index is 12.0. The smallest absolute Gasteiger partial charge is 0.152 e. The van der Waals surface area contributed by atoms with Crippen molar-refractivity contribution in [2.24, 2.45) is 0 Å². The molecule has 1 unspecified atom stereocenters. The van der Waals surface area contributed by atoms with Crippen LogP contribution in [-0.2, 0) is 9.84 Å². The van der Waals surface area contributed by atoms with E-state index in [1.165, 1.54) is 5.56 Å². The molecule has 0 fully saturated rings. The van der Waals surface area contributed by atoms with Crippen LogP contribution in [0.5, 0.6) is 0 Å². The summed E-state index contributed by atoms with van der Waals surface area (Å²) in [7, 11) is -2.97. The second kappa shape index (κ2) is 7.79. The molecule has 0 heterocycles. The molecule has 0 amide bonds. The summed E-state index contributed by atoms with van der Waals surface area (Å²) < 4.78 is 24.0.